The molecular formula is C10H9BrN2O2. The molecule has 4 nitrogen and oxygen atoms in total. The monoisotopic (exact) mass is 268 g/mol. The average Bonchev–Trinajstić information content (AvgIpc) is 2.57. The predicted octanol–water partition coefficient (Wildman–Crippen LogP) is 2.19. The van der Waals surface area contributed by atoms with Gasteiger partial charge in [0.15, 0.2) is 5.69 Å². The molecule has 2 rings (SSSR count). The lowest BCUT2D eigenvalue weighted by Crippen LogP contribution is -2.02. The van der Waals surface area contributed by atoms with Crippen molar-refractivity contribution in [3.63, 3.8) is 0 Å². The predicted molar refractivity (Wildman–Crippen MR) is 59.0 cm³/mol. The van der Waals surface area contributed by atoms with Crippen LogP contribution in [-0.4, -0.2) is 22.5 Å². The number of carbonyl (C=O) groups is 1. The second-order valence-corrected chi connectivity index (χ2v) is 3.88. The van der Waals surface area contributed by atoms with Crippen molar-refractivity contribution in [1.29, 1.82) is 0 Å². The maximum absolute atomic E-state index is 11.4. The third-order valence-corrected chi connectivity index (χ3v) is 2.92. The molecule has 0 fully saturated rings. The van der Waals surface area contributed by atoms with E-state index in [0.29, 0.717) is 10.3 Å². The van der Waals surface area contributed by atoms with Crippen molar-refractivity contribution in [3.05, 3.63) is 34.2 Å². The molecular weight excluding hydrogens is 260 g/mol. The minimum absolute atomic E-state index is 0.298. The largest absolute Gasteiger partial charge is 0.464 e. The topological polar surface area (TPSA) is 43.6 Å². The summed E-state index contributed by atoms with van der Waals surface area (Å²) in [7, 11) is 1.34. The van der Waals surface area contributed by atoms with E-state index in [2.05, 4.69) is 25.7 Å². The van der Waals surface area contributed by atoms with E-state index in [1.807, 2.05) is 29.7 Å². The molecule has 5 heteroatoms. The number of hydrogen-bond donors (Lipinski definition) is 0. The molecule has 2 aromatic heterocycles. The Labute approximate surface area is 95.0 Å². The standard InChI is InChI=1S/C10H9BrN2O2/c1-6-4-3-5-13-8(11)7(10(14)15-2)12-9(6)13/h3-5H,1-2H3. The number of esters is 1. The first-order chi connectivity index (χ1) is 7.15. The number of aromatic nitrogens is 2. The number of methoxy groups -OCH3 is 1. The number of carbonyl (C=O) groups excluding carboxylic acids is 1. The van der Waals surface area contributed by atoms with Crippen molar-refractivity contribution >= 4 is 27.5 Å². The zero-order chi connectivity index (χ0) is 11.0. The second kappa shape index (κ2) is 3.66. The van der Waals surface area contributed by atoms with Gasteiger partial charge in [0.1, 0.15) is 10.3 Å². The first-order valence-electron chi connectivity index (χ1n) is 4.36. The molecule has 0 saturated heterocycles. The zero-order valence-electron chi connectivity index (χ0n) is 8.32. The Hall–Kier alpha value is -1.36. The summed E-state index contributed by atoms with van der Waals surface area (Å²) in [6, 6.07) is 3.84. The van der Waals surface area contributed by atoms with Crippen LogP contribution in [0.3, 0.4) is 0 Å². The zero-order valence-corrected chi connectivity index (χ0v) is 9.91. The van der Waals surface area contributed by atoms with Gasteiger partial charge in [-0.05, 0) is 34.5 Å². The molecule has 0 saturated carbocycles. The first kappa shape index (κ1) is 10.2. The third-order valence-electron chi connectivity index (χ3n) is 2.17. The highest BCUT2D eigenvalue weighted by Crippen LogP contribution is 2.21. The van der Waals surface area contributed by atoms with Crippen LogP contribution in [0.4, 0.5) is 0 Å². The normalized spacial score (nSPS) is 10.6. The lowest BCUT2D eigenvalue weighted by molar-refractivity contribution is 0.0593. The molecule has 0 N–H and O–H groups in total. The molecule has 0 aliphatic carbocycles. The summed E-state index contributed by atoms with van der Waals surface area (Å²) in [5.74, 6) is -0.440. The molecule has 0 bridgehead atoms. The van der Waals surface area contributed by atoms with E-state index < -0.39 is 5.97 Å². The van der Waals surface area contributed by atoms with Crippen molar-refractivity contribution in [1.82, 2.24) is 9.38 Å². The van der Waals surface area contributed by atoms with Gasteiger partial charge in [0.2, 0.25) is 0 Å². The van der Waals surface area contributed by atoms with Crippen LogP contribution in [0.5, 0.6) is 0 Å². The highest BCUT2D eigenvalue weighted by Gasteiger charge is 2.17. The average molecular weight is 269 g/mol. The Morgan fingerprint density at radius 2 is 2.33 bits per heavy atom. The fourth-order valence-corrected chi connectivity index (χ4v) is 1.94. The summed E-state index contributed by atoms with van der Waals surface area (Å²) >= 11 is 3.33. The van der Waals surface area contributed by atoms with Crippen LogP contribution in [-0.2, 0) is 4.74 Å². The molecule has 78 valence electrons. The van der Waals surface area contributed by atoms with Crippen LogP contribution in [0, 0.1) is 6.92 Å². The quantitative estimate of drug-likeness (QED) is 0.745. The summed E-state index contributed by atoms with van der Waals surface area (Å²) < 4.78 is 7.07. The Bertz CT molecular complexity index is 533. The van der Waals surface area contributed by atoms with Gasteiger partial charge in [-0.2, -0.15) is 0 Å². The summed E-state index contributed by atoms with van der Waals surface area (Å²) in [5, 5.41) is 0. The summed E-state index contributed by atoms with van der Waals surface area (Å²) in [5.41, 5.74) is 2.06. The van der Waals surface area contributed by atoms with Crippen LogP contribution in [0.15, 0.2) is 22.9 Å². The number of fused-ring (bicyclic) bond motifs is 1. The maximum atomic E-state index is 11.4. The summed E-state index contributed by atoms with van der Waals surface area (Å²) in [6.07, 6.45) is 1.84. The number of imidazole rings is 1. The minimum atomic E-state index is -0.440. The minimum Gasteiger partial charge on any atom is -0.464 e. The fraction of sp³-hybridized carbons (Fsp3) is 0.200. The lowest BCUT2D eigenvalue weighted by atomic mass is 10.3. The Kier molecular flexibility index (Phi) is 2.48. The van der Waals surface area contributed by atoms with Crippen LogP contribution >= 0.6 is 15.9 Å². The number of aryl methyl sites for hydroxylation is 1. The lowest BCUT2D eigenvalue weighted by Gasteiger charge is -1.96. The molecule has 2 heterocycles. The van der Waals surface area contributed by atoms with Crippen molar-refractivity contribution in [2.24, 2.45) is 0 Å². The van der Waals surface area contributed by atoms with E-state index >= 15 is 0 Å². The first-order valence-corrected chi connectivity index (χ1v) is 5.16. The van der Waals surface area contributed by atoms with Gasteiger partial charge in [-0.3, -0.25) is 4.40 Å². The van der Waals surface area contributed by atoms with Crippen LogP contribution in [0.1, 0.15) is 16.1 Å². The molecule has 0 spiro atoms. The van der Waals surface area contributed by atoms with Crippen molar-refractivity contribution in [2.45, 2.75) is 6.92 Å². The van der Waals surface area contributed by atoms with Gasteiger partial charge >= 0.3 is 5.97 Å². The van der Waals surface area contributed by atoms with Gasteiger partial charge in [-0.1, -0.05) is 6.07 Å². The highest BCUT2D eigenvalue weighted by atomic mass is 79.9. The van der Waals surface area contributed by atoms with Gasteiger partial charge in [-0.25, -0.2) is 9.78 Å². The van der Waals surface area contributed by atoms with Crippen LogP contribution in [0.25, 0.3) is 5.65 Å². The van der Waals surface area contributed by atoms with E-state index in [9.17, 15) is 4.79 Å². The molecule has 0 amide bonds. The summed E-state index contributed by atoms with van der Waals surface area (Å²) in [4.78, 5) is 15.6. The number of rotatable bonds is 1. The molecule has 0 atom stereocenters. The van der Waals surface area contributed by atoms with Crippen molar-refractivity contribution in [2.75, 3.05) is 7.11 Å². The van der Waals surface area contributed by atoms with Gasteiger partial charge in [0.05, 0.1) is 7.11 Å². The molecule has 0 unspecified atom stereocenters. The third kappa shape index (κ3) is 1.52. The molecule has 15 heavy (non-hydrogen) atoms. The maximum Gasteiger partial charge on any atom is 0.359 e. The molecule has 0 radical (unpaired) electrons. The number of hydrogen-bond acceptors (Lipinski definition) is 3. The van der Waals surface area contributed by atoms with Crippen molar-refractivity contribution < 1.29 is 9.53 Å². The number of pyridine rings is 1. The SMILES string of the molecule is COC(=O)c1nc2c(C)cccn2c1Br. The second-order valence-electron chi connectivity index (χ2n) is 3.13. The molecule has 0 aliphatic heterocycles. The van der Waals surface area contributed by atoms with E-state index in [-0.39, 0.29) is 0 Å². The van der Waals surface area contributed by atoms with Crippen molar-refractivity contribution in [3.8, 4) is 0 Å². The number of halogens is 1. The van der Waals surface area contributed by atoms with Crippen LogP contribution < -0.4 is 0 Å². The van der Waals surface area contributed by atoms with Gasteiger partial charge < -0.3 is 4.74 Å². The van der Waals surface area contributed by atoms with E-state index in [0.717, 1.165) is 11.2 Å². The number of nitrogens with zero attached hydrogens (tertiary/aromatic N) is 2. The molecule has 0 aromatic carbocycles. The smallest absolute Gasteiger partial charge is 0.359 e. The summed E-state index contributed by atoms with van der Waals surface area (Å²) in [6.45, 7) is 1.94. The number of ether oxygens (including phenoxy) is 1. The van der Waals surface area contributed by atoms with E-state index in [4.69, 9.17) is 0 Å². The van der Waals surface area contributed by atoms with Gasteiger partial charge in [-0.15, -0.1) is 0 Å². The Morgan fingerprint density at radius 3 is 2.93 bits per heavy atom. The molecule has 2 aromatic rings. The van der Waals surface area contributed by atoms with Gasteiger partial charge in [0.25, 0.3) is 0 Å². The van der Waals surface area contributed by atoms with E-state index in [1.165, 1.54) is 7.11 Å². The highest BCUT2D eigenvalue weighted by molar-refractivity contribution is 9.10. The molecule has 0 aliphatic rings. The van der Waals surface area contributed by atoms with E-state index in [1.54, 1.807) is 0 Å². The Morgan fingerprint density at radius 1 is 1.60 bits per heavy atom. The fourth-order valence-electron chi connectivity index (χ4n) is 1.40. The van der Waals surface area contributed by atoms with Crippen LogP contribution in [0.2, 0.25) is 0 Å². The van der Waals surface area contributed by atoms with Gasteiger partial charge in [0, 0.05) is 6.20 Å². The Balaban J connectivity index is 2.75.